The molecular weight excluding hydrogens is 376 g/mol. The van der Waals surface area contributed by atoms with E-state index in [0.29, 0.717) is 11.4 Å². The van der Waals surface area contributed by atoms with Gasteiger partial charge in [0.15, 0.2) is 0 Å². The van der Waals surface area contributed by atoms with E-state index in [9.17, 15) is 0 Å². The smallest absolute Gasteiger partial charge is 0.200 e. The summed E-state index contributed by atoms with van der Waals surface area (Å²) in [5.41, 5.74) is 0.500. The normalized spacial score (nSPS) is 24.3. The van der Waals surface area contributed by atoms with Crippen LogP contribution in [0.1, 0.15) is 63.0 Å². The third-order valence-electron chi connectivity index (χ3n) is 7.16. The van der Waals surface area contributed by atoms with Gasteiger partial charge < -0.3 is 0 Å². The molecule has 158 valence electrons. The van der Waals surface area contributed by atoms with Crippen molar-refractivity contribution in [2.45, 2.75) is 62.4 Å². The molecule has 30 heavy (non-hydrogen) atoms. The number of fused-ring (bicyclic) bond motifs is 2. The van der Waals surface area contributed by atoms with Gasteiger partial charge in [0.2, 0.25) is 5.82 Å². The summed E-state index contributed by atoms with van der Waals surface area (Å²) >= 11 is 0. The van der Waals surface area contributed by atoms with Crippen molar-refractivity contribution >= 4 is 6.08 Å². The molecule has 2 aromatic heterocycles. The first-order chi connectivity index (χ1) is 14.8. The lowest BCUT2D eigenvalue weighted by molar-refractivity contribution is 0.251. The highest BCUT2D eigenvalue weighted by Crippen LogP contribution is 2.40. The number of H-pyrrole nitrogens is 2. The first-order valence-corrected chi connectivity index (χ1v) is 11.2. The van der Waals surface area contributed by atoms with Crippen molar-refractivity contribution in [3.05, 3.63) is 30.4 Å². The van der Waals surface area contributed by atoms with Crippen molar-refractivity contribution in [1.29, 1.82) is 0 Å². The zero-order valence-corrected chi connectivity index (χ0v) is 17.5. The van der Waals surface area contributed by atoms with Crippen LogP contribution < -0.4 is 0 Å². The van der Waals surface area contributed by atoms with E-state index >= 15 is 0 Å². The molecule has 0 unspecified atom stereocenters. The van der Waals surface area contributed by atoms with Crippen LogP contribution in [-0.2, 0) is 0 Å². The number of hydrogen-bond donors (Lipinski definition) is 2. The van der Waals surface area contributed by atoms with Gasteiger partial charge in [-0.15, -0.1) is 0 Å². The molecule has 4 saturated heterocycles. The average molecular weight is 407 g/mol. The predicted molar refractivity (Wildman–Crippen MR) is 114 cm³/mol. The standard InChI is InChI=1S/C11H16N4.C11H14N4/c2*1-4-11(5-2-8-15(11)7-1)6-3-10-12-9-13-14-10/h3,6,9H,1-2,4-5,7-8H2,(H,12,13,14);9H,1-2,4-5,7-8H2,(H,12,13,14). The van der Waals surface area contributed by atoms with E-state index in [2.05, 4.69) is 64.2 Å². The van der Waals surface area contributed by atoms with Gasteiger partial charge in [0, 0.05) is 5.54 Å². The molecule has 8 heteroatoms. The minimum atomic E-state index is 0.160. The summed E-state index contributed by atoms with van der Waals surface area (Å²) in [6.07, 6.45) is 17.7. The summed E-state index contributed by atoms with van der Waals surface area (Å²) in [6, 6.07) is 0. The second kappa shape index (κ2) is 8.32. The molecular formula is C22H30N8. The lowest BCUT2D eigenvalue weighted by atomic mass is 9.93. The van der Waals surface area contributed by atoms with E-state index in [0.717, 1.165) is 5.82 Å². The summed E-state index contributed by atoms with van der Waals surface area (Å²) in [6.45, 7) is 4.96. The van der Waals surface area contributed by atoms with Crippen LogP contribution in [-0.4, -0.2) is 77.4 Å². The van der Waals surface area contributed by atoms with E-state index in [1.807, 2.05) is 0 Å². The lowest BCUT2D eigenvalue weighted by Gasteiger charge is -2.28. The zero-order valence-electron chi connectivity index (χ0n) is 17.5. The van der Waals surface area contributed by atoms with Gasteiger partial charge in [-0.1, -0.05) is 12.0 Å². The summed E-state index contributed by atoms with van der Waals surface area (Å²) in [5, 5.41) is 13.3. The minimum absolute atomic E-state index is 0.160. The van der Waals surface area contributed by atoms with Crippen LogP contribution in [0.5, 0.6) is 0 Å². The molecule has 0 bridgehead atoms. The Hall–Kier alpha value is -2.50. The van der Waals surface area contributed by atoms with E-state index < -0.39 is 0 Å². The van der Waals surface area contributed by atoms with Gasteiger partial charge in [0.25, 0.3) is 0 Å². The molecule has 4 aliphatic heterocycles. The number of rotatable bonds is 2. The Balaban J connectivity index is 0.000000128. The SMILES string of the molecule is C(#CC12CCCN1CCC2)c1ncn[nH]1.C(=CC12CCCN1CCC2)c1ncn[nH]1. The molecule has 2 N–H and O–H groups in total. The summed E-state index contributed by atoms with van der Waals surface area (Å²) in [5.74, 6) is 8.06. The Kier molecular flexibility index (Phi) is 5.40. The molecule has 4 aliphatic rings. The second-order valence-electron chi connectivity index (χ2n) is 8.81. The molecule has 4 fully saturated rings. The van der Waals surface area contributed by atoms with Crippen LogP contribution >= 0.6 is 0 Å². The number of nitrogens with zero attached hydrogens (tertiary/aromatic N) is 6. The Labute approximate surface area is 177 Å². The van der Waals surface area contributed by atoms with Gasteiger partial charge >= 0.3 is 0 Å². The van der Waals surface area contributed by atoms with Gasteiger partial charge in [-0.25, -0.2) is 9.97 Å². The predicted octanol–water partition coefficient (Wildman–Crippen LogP) is 2.23. The Morgan fingerprint density at radius 3 is 2.17 bits per heavy atom. The van der Waals surface area contributed by atoms with Crippen LogP contribution in [0.2, 0.25) is 0 Å². The maximum Gasteiger partial charge on any atom is 0.200 e. The van der Waals surface area contributed by atoms with Crippen molar-refractivity contribution < 1.29 is 0 Å². The molecule has 8 nitrogen and oxygen atoms in total. The number of nitrogens with one attached hydrogen (secondary N) is 2. The number of aromatic amines is 2. The monoisotopic (exact) mass is 406 g/mol. The molecule has 0 aliphatic carbocycles. The van der Waals surface area contributed by atoms with E-state index in [4.69, 9.17) is 0 Å². The molecule has 0 amide bonds. The summed E-state index contributed by atoms with van der Waals surface area (Å²) < 4.78 is 0. The van der Waals surface area contributed by atoms with Crippen LogP contribution in [0.4, 0.5) is 0 Å². The molecule has 0 saturated carbocycles. The maximum absolute atomic E-state index is 4.12. The van der Waals surface area contributed by atoms with Crippen molar-refractivity contribution in [2.24, 2.45) is 0 Å². The van der Waals surface area contributed by atoms with Gasteiger partial charge in [0.1, 0.15) is 18.5 Å². The van der Waals surface area contributed by atoms with Crippen LogP contribution in [0.25, 0.3) is 6.08 Å². The van der Waals surface area contributed by atoms with Gasteiger partial charge in [-0.2, -0.15) is 10.2 Å². The van der Waals surface area contributed by atoms with Gasteiger partial charge in [-0.05, 0) is 89.5 Å². The van der Waals surface area contributed by atoms with Crippen molar-refractivity contribution in [3.8, 4) is 11.8 Å². The highest BCUT2D eigenvalue weighted by atomic mass is 15.2. The molecule has 0 atom stereocenters. The Morgan fingerprint density at radius 2 is 1.50 bits per heavy atom. The van der Waals surface area contributed by atoms with Gasteiger partial charge in [0.05, 0.1) is 5.54 Å². The minimum Gasteiger partial charge on any atom is -0.294 e. The molecule has 6 heterocycles. The van der Waals surface area contributed by atoms with E-state index in [1.165, 1.54) is 83.9 Å². The molecule has 0 radical (unpaired) electrons. The molecule has 0 spiro atoms. The fraction of sp³-hybridized carbons (Fsp3) is 0.636. The topological polar surface area (TPSA) is 89.6 Å². The van der Waals surface area contributed by atoms with Gasteiger partial charge in [-0.3, -0.25) is 20.0 Å². The van der Waals surface area contributed by atoms with E-state index in [1.54, 1.807) is 6.33 Å². The highest BCUT2D eigenvalue weighted by Gasteiger charge is 2.43. The fourth-order valence-corrected chi connectivity index (χ4v) is 5.70. The highest BCUT2D eigenvalue weighted by molar-refractivity contribution is 5.42. The lowest BCUT2D eigenvalue weighted by Crippen LogP contribution is -2.36. The van der Waals surface area contributed by atoms with Crippen molar-refractivity contribution in [1.82, 2.24) is 40.2 Å². The third kappa shape index (κ3) is 3.80. The van der Waals surface area contributed by atoms with Crippen LogP contribution in [0.3, 0.4) is 0 Å². The fourth-order valence-electron chi connectivity index (χ4n) is 5.70. The zero-order chi connectivity index (χ0) is 20.3. The van der Waals surface area contributed by atoms with Crippen molar-refractivity contribution in [2.75, 3.05) is 26.2 Å². The maximum atomic E-state index is 4.12. The first kappa shape index (κ1) is 19.5. The van der Waals surface area contributed by atoms with Crippen molar-refractivity contribution in [3.63, 3.8) is 0 Å². The number of hydrogen-bond acceptors (Lipinski definition) is 6. The molecule has 2 aromatic rings. The molecule has 6 rings (SSSR count). The largest absolute Gasteiger partial charge is 0.294 e. The van der Waals surface area contributed by atoms with E-state index in [-0.39, 0.29) is 5.54 Å². The van der Waals surface area contributed by atoms with Crippen LogP contribution in [0, 0.1) is 11.8 Å². The summed E-state index contributed by atoms with van der Waals surface area (Å²) in [4.78, 5) is 13.3. The van der Waals surface area contributed by atoms with Crippen LogP contribution in [0.15, 0.2) is 18.7 Å². The molecule has 0 aromatic carbocycles. The first-order valence-electron chi connectivity index (χ1n) is 11.2. The third-order valence-corrected chi connectivity index (χ3v) is 7.16. The number of aromatic nitrogens is 6. The average Bonchev–Trinajstić information content (AvgIpc) is 3.56. The Morgan fingerprint density at radius 1 is 0.833 bits per heavy atom. The summed E-state index contributed by atoms with van der Waals surface area (Å²) in [7, 11) is 0. The second-order valence-corrected chi connectivity index (χ2v) is 8.81. The Bertz CT molecular complexity index is 885. The quantitative estimate of drug-likeness (QED) is 0.744.